The van der Waals surface area contributed by atoms with Crippen molar-refractivity contribution in [3.05, 3.63) is 24.3 Å². The zero-order valence-corrected chi connectivity index (χ0v) is 12.5. The van der Waals surface area contributed by atoms with E-state index in [0.717, 1.165) is 6.42 Å². The van der Waals surface area contributed by atoms with Gasteiger partial charge in [-0.05, 0) is 32.4 Å². The van der Waals surface area contributed by atoms with E-state index >= 15 is 0 Å². The SMILES string of the molecule is CCCNS(=O)(=O)c1ccccc1NCC(C)(C)N. The van der Waals surface area contributed by atoms with Crippen molar-refractivity contribution in [2.45, 2.75) is 37.6 Å². The second kappa shape index (κ2) is 6.36. The number of rotatable bonds is 7. The molecule has 0 fully saturated rings. The summed E-state index contributed by atoms with van der Waals surface area (Å²) in [5.41, 5.74) is 6.06. The first-order valence-corrected chi connectivity index (χ1v) is 7.86. The minimum absolute atomic E-state index is 0.257. The fourth-order valence-electron chi connectivity index (χ4n) is 1.48. The highest BCUT2D eigenvalue weighted by Crippen LogP contribution is 2.21. The molecule has 0 radical (unpaired) electrons. The van der Waals surface area contributed by atoms with Gasteiger partial charge in [0, 0.05) is 18.6 Å². The maximum Gasteiger partial charge on any atom is 0.242 e. The number of hydrogen-bond donors (Lipinski definition) is 3. The van der Waals surface area contributed by atoms with Crippen molar-refractivity contribution in [1.82, 2.24) is 4.72 Å². The van der Waals surface area contributed by atoms with Crippen LogP contribution in [0, 0.1) is 0 Å². The number of nitrogens with two attached hydrogens (primary N) is 1. The predicted molar refractivity (Wildman–Crippen MR) is 78.7 cm³/mol. The molecule has 108 valence electrons. The first kappa shape index (κ1) is 15.9. The summed E-state index contributed by atoms with van der Waals surface area (Å²) >= 11 is 0. The van der Waals surface area contributed by atoms with Gasteiger partial charge in [0.2, 0.25) is 10.0 Å². The van der Waals surface area contributed by atoms with Gasteiger partial charge in [-0.3, -0.25) is 0 Å². The van der Waals surface area contributed by atoms with Crippen LogP contribution >= 0.6 is 0 Å². The Bertz CT molecular complexity index is 507. The Morgan fingerprint density at radius 1 is 1.26 bits per heavy atom. The van der Waals surface area contributed by atoms with Crippen molar-refractivity contribution in [2.24, 2.45) is 5.73 Å². The zero-order chi connectivity index (χ0) is 14.5. The van der Waals surface area contributed by atoms with Gasteiger partial charge in [0.05, 0.1) is 5.69 Å². The summed E-state index contributed by atoms with van der Waals surface area (Å²) in [4.78, 5) is 0.257. The normalized spacial score (nSPS) is 12.4. The van der Waals surface area contributed by atoms with Crippen LogP contribution in [-0.2, 0) is 10.0 Å². The summed E-state index contributed by atoms with van der Waals surface area (Å²) in [5.74, 6) is 0. The monoisotopic (exact) mass is 285 g/mol. The molecule has 4 N–H and O–H groups in total. The van der Waals surface area contributed by atoms with E-state index in [2.05, 4.69) is 10.0 Å². The number of hydrogen-bond acceptors (Lipinski definition) is 4. The van der Waals surface area contributed by atoms with Crippen molar-refractivity contribution < 1.29 is 8.42 Å². The van der Waals surface area contributed by atoms with Gasteiger partial charge in [0.25, 0.3) is 0 Å². The van der Waals surface area contributed by atoms with Crippen molar-refractivity contribution >= 4 is 15.7 Å². The van der Waals surface area contributed by atoms with Gasteiger partial charge in [-0.2, -0.15) is 0 Å². The lowest BCUT2D eigenvalue weighted by molar-refractivity contribution is 0.548. The van der Waals surface area contributed by atoms with Crippen LogP contribution in [0.15, 0.2) is 29.2 Å². The Kier molecular flexibility index (Phi) is 5.34. The molecule has 19 heavy (non-hydrogen) atoms. The average Bonchev–Trinajstić information content (AvgIpc) is 2.33. The third-order valence-electron chi connectivity index (χ3n) is 2.45. The third kappa shape index (κ3) is 5.18. The van der Waals surface area contributed by atoms with E-state index in [4.69, 9.17) is 5.73 Å². The van der Waals surface area contributed by atoms with Gasteiger partial charge in [-0.15, -0.1) is 0 Å². The molecular formula is C13H23N3O2S. The van der Waals surface area contributed by atoms with E-state index in [1.807, 2.05) is 20.8 Å². The molecule has 0 bridgehead atoms. The highest BCUT2D eigenvalue weighted by atomic mass is 32.2. The standard InChI is InChI=1S/C13H23N3O2S/c1-4-9-16-19(17,18)12-8-6-5-7-11(12)15-10-13(2,3)14/h5-8,15-16H,4,9-10,14H2,1-3H3. The minimum Gasteiger partial charge on any atom is -0.382 e. The van der Waals surface area contributed by atoms with E-state index in [0.29, 0.717) is 18.8 Å². The Labute approximate surface area is 115 Å². The van der Waals surface area contributed by atoms with E-state index in [9.17, 15) is 8.42 Å². The van der Waals surface area contributed by atoms with Crippen molar-refractivity contribution in [3.63, 3.8) is 0 Å². The molecule has 0 heterocycles. The topological polar surface area (TPSA) is 84.2 Å². The van der Waals surface area contributed by atoms with Gasteiger partial charge in [-0.1, -0.05) is 19.1 Å². The lowest BCUT2D eigenvalue weighted by Crippen LogP contribution is -2.40. The maximum absolute atomic E-state index is 12.2. The molecule has 0 spiro atoms. The summed E-state index contributed by atoms with van der Waals surface area (Å²) in [7, 11) is -3.47. The van der Waals surface area contributed by atoms with Gasteiger partial charge in [-0.25, -0.2) is 13.1 Å². The predicted octanol–water partition coefficient (Wildman–Crippen LogP) is 1.52. The molecule has 0 saturated carbocycles. The largest absolute Gasteiger partial charge is 0.382 e. The summed E-state index contributed by atoms with van der Waals surface area (Å²) in [6, 6.07) is 6.83. The highest BCUT2D eigenvalue weighted by Gasteiger charge is 2.18. The number of sulfonamides is 1. The van der Waals surface area contributed by atoms with E-state index < -0.39 is 15.6 Å². The Morgan fingerprint density at radius 2 is 1.89 bits per heavy atom. The fourth-order valence-corrected chi connectivity index (χ4v) is 2.80. The maximum atomic E-state index is 12.2. The molecule has 5 nitrogen and oxygen atoms in total. The van der Waals surface area contributed by atoms with Crippen LogP contribution in [0.2, 0.25) is 0 Å². The highest BCUT2D eigenvalue weighted by molar-refractivity contribution is 7.89. The number of benzene rings is 1. The van der Waals surface area contributed by atoms with E-state index in [1.54, 1.807) is 24.3 Å². The lowest BCUT2D eigenvalue weighted by Gasteiger charge is -2.21. The second-order valence-corrected chi connectivity index (χ2v) is 6.97. The van der Waals surface area contributed by atoms with Crippen LogP contribution in [0.1, 0.15) is 27.2 Å². The molecule has 6 heteroatoms. The summed E-state index contributed by atoms with van der Waals surface area (Å²) in [6.07, 6.45) is 0.755. The molecule has 0 aliphatic rings. The summed E-state index contributed by atoms with van der Waals surface area (Å²) < 4.78 is 26.9. The Morgan fingerprint density at radius 3 is 2.47 bits per heavy atom. The van der Waals surface area contributed by atoms with E-state index in [-0.39, 0.29) is 4.90 Å². The van der Waals surface area contributed by atoms with Crippen LogP contribution in [-0.4, -0.2) is 27.0 Å². The Hall–Kier alpha value is -1.11. The van der Waals surface area contributed by atoms with Gasteiger partial charge in [0.15, 0.2) is 0 Å². The smallest absolute Gasteiger partial charge is 0.242 e. The first-order valence-electron chi connectivity index (χ1n) is 6.38. The third-order valence-corrected chi connectivity index (χ3v) is 3.97. The first-order chi connectivity index (χ1) is 8.76. The molecule has 0 aromatic heterocycles. The van der Waals surface area contributed by atoms with Gasteiger partial charge in [0.1, 0.15) is 4.90 Å². The van der Waals surface area contributed by atoms with Crippen molar-refractivity contribution in [3.8, 4) is 0 Å². The van der Waals surface area contributed by atoms with Crippen LogP contribution in [0.3, 0.4) is 0 Å². The van der Waals surface area contributed by atoms with Gasteiger partial charge < -0.3 is 11.1 Å². The quantitative estimate of drug-likeness (QED) is 0.709. The fraction of sp³-hybridized carbons (Fsp3) is 0.538. The van der Waals surface area contributed by atoms with Crippen LogP contribution in [0.5, 0.6) is 0 Å². The number of anilines is 1. The zero-order valence-electron chi connectivity index (χ0n) is 11.7. The van der Waals surface area contributed by atoms with Gasteiger partial charge >= 0.3 is 0 Å². The van der Waals surface area contributed by atoms with Crippen molar-refractivity contribution in [2.75, 3.05) is 18.4 Å². The molecule has 0 aliphatic heterocycles. The molecule has 1 aromatic rings. The van der Waals surface area contributed by atoms with Crippen LogP contribution < -0.4 is 15.8 Å². The lowest BCUT2D eigenvalue weighted by atomic mass is 10.1. The second-order valence-electron chi connectivity index (χ2n) is 5.24. The molecule has 0 aliphatic carbocycles. The molecule has 0 atom stereocenters. The molecule has 1 rings (SSSR count). The summed E-state index contributed by atoms with van der Waals surface area (Å²) in [5, 5.41) is 3.09. The number of nitrogens with one attached hydrogen (secondary N) is 2. The summed E-state index contributed by atoms with van der Waals surface area (Å²) in [6.45, 7) is 6.61. The number of para-hydroxylation sites is 1. The molecule has 0 unspecified atom stereocenters. The van der Waals surface area contributed by atoms with E-state index in [1.165, 1.54) is 0 Å². The molecule has 1 aromatic carbocycles. The van der Waals surface area contributed by atoms with Crippen LogP contribution in [0.4, 0.5) is 5.69 Å². The van der Waals surface area contributed by atoms with Crippen LogP contribution in [0.25, 0.3) is 0 Å². The van der Waals surface area contributed by atoms with Crippen molar-refractivity contribution in [1.29, 1.82) is 0 Å². The molecule has 0 amide bonds. The minimum atomic E-state index is -3.47. The average molecular weight is 285 g/mol. The molecular weight excluding hydrogens is 262 g/mol. The Balaban J connectivity index is 2.96. The molecule has 0 saturated heterocycles.